The van der Waals surface area contributed by atoms with Crippen LogP contribution in [0.5, 0.6) is 0 Å². The van der Waals surface area contributed by atoms with Crippen LogP contribution in [0, 0.1) is 5.92 Å². The number of hydrogen-bond acceptors (Lipinski definition) is 4. The maximum Gasteiger partial charge on any atom is 0.416 e. The van der Waals surface area contributed by atoms with Crippen LogP contribution in [0.3, 0.4) is 0 Å². The van der Waals surface area contributed by atoms with E-state index in [9.17, 15) is 33.3 Å². The number of allylic oxidation sites excluding steroid dienone is 1. The number of carbonyl (C=O) groups excluding carboxylic acids is 1. The lowest BCUT2D eigenvalue weighted by Crippen LogP contribution is -2.41. The van der Waals surface area contributed by atoms with E-state index in [0.29, 0.717) is 18.4 Å². The fourth-order valence-electron chi connectivity index (χ4n) is 3.40. The van der Waals surface area contributed by atoms with Crippen LogP contribution in [-0.4, -0.2) is 27.9 Å². The summed E-state index contributed by atoms with van der Waals surface area (Å²) in [5, 5.41) is 31.1. The molecule has 2 N–H and O–H groups in total. The Balaban J connectivity index is 1.90. The number of halogens is 3. The van der Waals surface area contributed by atoms with Crippen LogP contribution < -0.4 is 5.11 Å². The summed E-state index contributed by atoms with van der Waals surface area (Å²) in [5.74, 6) is -1.35. The van der Waals surface area contributed by atoms with Gasteiger partial charge in [-0.15, -0.1) is 0 Å². The molecule has 0 bridgehead atoms. The minimum Gasteiger partial charge on any atom is -0.550 e. The van der Waals surface area contributed by atoms with Gasteiger partial charge in [-0.1, -0.05) is 24.3 Å². The zero-order chi connectivity index (χ0) is 19.4. The Morgan fingerprint density at radius 1 is 1.35 bits per heavy atom. The molecule has 7 heteroatoms. The Bertz CT molecular complexity index is 639. The van der Waals surface area contributed by atoms with Gasteiger partial charge in [0.05, 0.1) is 17.3 Å². The Labute approximate surface area is 150 Å². The molecule has 1 saturated carbocycles. The molecule has 3 atom stereocenters. The van der Waals surface area contributed by atoms with Gasteiger partial charge < -0.3 is 20.1 Å². The van der Waals surface area contributed by atoms with E-state index in [4.69, 9.17) is 0 Å². The molecule has 0 saturated heterocycles. The van der Waals surface area contributed by atoms with E-state index in [1.54, 1.807) is 12.2 Å². The first-order chi connectivity index (χ1) is 12.1. The zero-order valence-electron chi connectivity index (χ0n) is 14.2. The van der Waals surface area contributed by atoms with Gasteiger partial charge in [0, 0.05) is 18.8 Å². The van der Waals surface area contributed by atoms with Crippen molar-refractivity contribution in [3.63, 3.8) is 0 Å². The van der Waals surface area contributed by atoms with Gasteiger partial charge in [-0.2, -0.15) is 13.2 Å². The predicted molar refractivity (Wildman–Crippen MR) is 86.8 cm³/mol. The lowest BCUT2D eigenvalue weighted by Gasteiger charge is -2.36. The normalized spacial score (nSPS) is 25.3. The summed E-state index contributed by atoms with van der Waals surface area (Å²) in [6.07, 6.45) is -0.0725. The first-order valence-corrected chi connectivity index (χ1v) is 8.52. The average Bonchev–Trinajstić information content (AvgIpc) is 2.51. The van der Waals surface area contributed by atoms with Crippen molar-refractivity contribution in [1.29, 1.82) is 0 Å². The number of carboxylic acid groups (broad SMARTS) is 1. The number of rotatable bonds is 6. The van der Waals surface area contributed by atoms with Crippen molar-refractivity contribution in [2.24, 2.45) is 5.92 Å². The number of aliphatic hydroxyl groups is 2. The number of benzene rings is 1. The van der Waals surface area contributed by atoms with Crippen molar-refractivity contribution < 1.29 is 33.3 Å². The summed E-state index contributed by atoms with van der Waals surface area (Å²) in [7, 11) is 0. The molecule has 0 spiro atoms. The number of hydrogen-bond donors (Lipinski definition) is 2. The minimum absolute atomic E-state index is 0.0599. The second-order valence-corrected chi connectivity index (χ2v) is 6.98. The van der Waals surface area contributed by atoms with E-state index < -0.39 is 35.8 Å². The van der Waals surface area contributed by atoms with Crippen molar-refractivity contribution in [1.82, 2.24) is 0 Å². The molecule has 26 heavy (non-hydrogen) atoms. The first kappa shape index (κ1) is 20.5. The van der Waals surface area contributed by atoms with Gasteiger partial charge in [0.15, 0.2) is 0 Å². The molecule has 4 nitrogen and oxygen atoms in total. The number of alkyl halides is 3. The Kier molecular flexibility index (Phi) is 6.47. The third-order valence-corrected chi connectivity index (χ3v) is 4.66. The highest BCUT2D eigenvalue weighted by molar-refractivity contribution is 5.65. The lowest BCUT2D eigenvalue weighted by atomic mass is 9.76. The third kappa shape index (κ3) is 6.14. The second-order valence-electron chi connectivity index (χ2n) is 6.98. The second kappa shape index (κ2) is 8.22. The van der Waals surface area contributed by atoms with E-state index in [2.05, 4.69) is 0 Å². The molecule has 1 aliphatic rings. The molecule has 1 fully saturated rings. The molecule has 144 valence electrons. The molecule has 0 aromatic heterocycles. The first-order valence-electron chi connectivity index (χ1n) is 8.52. The standard InChI is InChI=1S/C19H23F3O4/c20-19(21,22)15-6-3-13(4-7-15)10-16(23)8-5-14-2-1-9-18(26,11-14)12-17(24)25/h3-8,14,16,23,26H,1-2,9-12H2,(H,24,25)/p-1/b8-5+. The van der Waals surface area contributed by atoms with Gasteiger partial charge >= 0.3 is 6.18 Å². The van der Waals surface area contributed by atoms with E-state index in [0.717, 1.165) is 18.6 Å². The molecule has 3 unspecified atom stereocenters. The van der Waals surface area contributed by atoms with Gasteiger partial charge in [0.25, 0.3) is 0 Å². The van der Waals surface area contributed by atoms with Gasteiger partial charge in [-0.05, 0) is 49.3 Å². The number of aliphatic carboxylic acids is 1. The average molecular weight is 371 g/mol. The maximum atomic E-state index is 12.5. The molecule has 1 aliphatic carbocycles. The largest absolute Gasteiger partial charge is 0.550 e. The van der Waals surface area contributed by atoms with Crippen molar-refractivity contribution in [3.8, 4) is 0 Å². The minimum atomic E-state index is -4.39. The summed E-state index contributed by atoms with van der Waals surface area (Å²) in [6, 6.07) is 4.62. The van der Waals surface area contributed by atoms with Crippen LogP contribution in [0.2, 0.25) is 0 Å². The summed E-state index contributed by atoms with van der Waals surface area (Å²) in [6.45, 7) is 0. The van der Waals surface area contributed by atoms with Crippen molar-refractivity contribution in [2.45, 2.75) is 56.4 Å². The van der Waals surface area contributed by atoms with E-state index in [-0.39, 0.29) is 18.8 Å². The molecule has 2 rings (SSSR count). The van der Waals surface area contributed by atoms with Gasteiger partial charge in [0.1, 0.15) is 0 Å². The molecule has 0 heterocycles. The maximum absolute atomic E-state index is 12.5. The Morgan fingerprint density at radius 2 is 2.00 bits per heavy atom. The topological polar surface area (TPSA) is 80.6 Å². The predicted octanol–water partition coefficient (Wildman–Crippen LogP) is 2.23. The van der Waals surface area contributed by atoms with Crippen LogP contribution in [0.15, 0.2) is 36.4 Å². The SMILES string of the molecule is O=C([O-])CC1(O)CCCC(/C=C/C(O)Cc2ccc(C(F)(F)F)cc2)C1. The smallest absolute Gasteiger partial charge is 0.416 e. The van der Waals surface area contributed by atoms with Crippen LogP contribution in [0.25, 0.3) is 0 Å². The quantitative estimate of drug-likeness (QED) is 0.752. The van der Waals surface area contributed by atoms with E-state index in [1.807, 2.05) is 0 Å². The number of carboxylic acids is 1. The van der Waals surface area contributed by atoms with Crippen molar-refractivity contribution >= 4 is 5.97 Å². The summed E-state index contributed by atoms with van der Waals surface area (Å²) in [4.78, 5) is 10.7. The van der Waals surface area contributed by atoms with Crippen LogP contribution in [-0.2, 0) is 17.4 Å². The lowest BCUT2D eigenvalue weighted by molar-refractivity contribution is -0.309. The number of aliphatic hydroxyl groups excluding tert-OH is 1. The van der Waals surface area contributed by atoms with E-state index >= 15 is 0 Å². The van der Waals surface area contributed by atoms with E-state index in [1.165, 1.54) is 12.1 Å². The zero-order valence-corrected chi connectivity index (χ0v) is 14.2. The van der Waals surface area contributed by atoms with Gasteiger partial charge in [0.2, 0.25) is 0 Å². The fourth-order valence-corrected chi connectivity index (χ4v) is 3.40. The molecule has 0 radical (unpaired) electrons. The molecule has 0 amide bonds. The summed E-state index contributed by atoms with van der Waals surface area (Å²) >= 11 is 0. The Morgan fingerprint density at radius 3 is 2.58 bits per heavy atom. The highest BCUT2D eigenvalue weighted by atomic mass is 19.4. The van der Waals surface area contributed by atoms with Crippen molar-refractivity contribution in [2.75, 3.05) is 0 Å². The fraction of sp³-hybridized carbons (Fsp3) is 0.526. The molecule has 0 aliphatic heterocycles. The molecule has 1 aromatic carbocycles. The highest BCUT2D eigenvalue weighted by Crippen LogP contribution is 2.35. The monoisotopic (exact) mass is 371 g/mol. The summed E-state index contributed by atoms with van der Waals surface area (Å²) in [5.41, 5.74) is -1.45. The van der Waals surface area contributed by atoms with Crippen LogP contribution >= 0.6 is 0 Å². The van der Waals surface area contributed by atoms with Crippen molar-refractivity contribution in [3.05, 3.63) is 47.5 Å². The molecular formula is C19H22F3O4-. The number of carbonyl (C=O) groups is 1. The van der Waals surface area contributed by atoms with Crippen LogP contribution in [0.4, 0.5) is 13.2 Å². The Hall–Kier alpha value is -1.86. The molecule has 1 aromatic rings. The highest BCUT2D eigenvalue weighted by Gasteiger charge is 2.33. The van der Waals surface area contributed by atoms with Gasteiger partial charge in [-0.3, -0.25) is 0 Å². The summed E-state index contributed by atoms with van der Waals surface area (Å²) < 4.78 is 37.6. The van der Waals surface area contributed by atoms with Crippen LogP contribution in [0.1, 0.15) is 43.2 Å². The molecular weight excluding hydrogens is 349 g/mol. The third-order valence-electron chi connectivity index (χ3n) is 4.66. The van der Waals surface area contributed by atoms with Gasteiger partial charge in [-0.25, -0.2) is 0 Å².